The quantitative estimate of drug-likeness (QED) is 0.600. The van der Waals surface area contributed by atoms with Gasteiger partial charge in [0.2, 0.25) is 0 Å². The number of hydrogen-bond donors (Lipinski definition) is 2. The van der Waals surface area contributed by atoms with Crippen molar-refractivity contribution in [3.63, 3.8) is 0 Å². The molecule has 0 heterocycles. The second-order valence-electron chi connectivity index (χ2n) is 4.12. The van der Waals surface area contributed by atoms with Crippen molar-refractivity contribution < 1.29 is 0 Å². The van der Waals surface area contributed by atoms with Crippen LogP contribution < -0.4 is 11.5 Å². The van der Waals surface area contributed by atoms with Crippen molar-refractivity contribution in [1.82, 2.24) is 0 Å². The highest BCUT2D eigenvalue weighted by molar-refractivity contribution is 4.99. The fraction of sp³-hybridized carbons (Fsp3) is 1.00. The number of hydrogen-bond acceptors (Lipinski definition) is 2. The van der Waals surface area contributed by atoms with Gasteiger partial charge in [-0.2, -0.15) is 0 Å². The molecule has 2 unspecified atom stereocenters. The van der Waals surface area contributed by atoms with Gasteiger partial charge >= 0.3 is 0 Å². The highest BCUT2D eigenvalue weighted by atomic mass is 14.9. The molecule has 66 valence electrons. The normalized spacial score (nSPS) is 39.5. The molecule has 0 aromatic rings. The third kappa shape index (κ3) is 1.57. The highest BCUT2D eigenvalue weighted by Crippen LogP contribution is 2.30. The Morgan fingerprint density at radius 1 is 1.36 bits per heavy atom. The fourth-order valence-corrected chi connectivity index (χ4v) is 1.97. The molecule has 1 rings (SSSR count). The van der Waals surface area contributed by atoms with Gasteiger partial charge in [0.05, 0.1) is 0 Å². The number of nitrogens with two attached hydrogens (primary N) is 2. The molecule has 4 N–H and O–H groups in total. The van der Waals surface area contributed by atoms with Crippen molar-refractivity contribution >= 4 is 0 Å². The lowest BCUT2D eigenvalue weighted by Crippen LogP contribution is -2.60. The number of rotatable bonds is 1. The van der Waals surface area contributed by atoms with Crippen LogP contribution in [0.1, 0.15) is 39.5 Å². The van der Waals surface area contributed by atoms with Gasteiger partial charge in [0.25, 0.3) is 0 Å². The summed E-state index contributed by atoms with van der Waals surface area (Å²) in [6.45, 7) is 4.34. The zero-order valence-corrected chi connectivity index (χ0v) is 7.64. The van der Waals surface area contributed by atoms with Gasteiger partial charge in [0.15, 0.2) is 0 Å². The van der Waals surface area contributed by atoms with Crippen LogP contribution in [0, 0.1) is 5.92 Å². The Bertz CT molecular complexity index is 134. The third-order valence-electron chi connectivity index (χ3n) is 3.14. The van der Waals surface area contributed by atoms with E-state index in [0.29, 0.717) is 5.92 Å². The Labute approximate surface area is 69.3 Å². The molecule has 0 aromatic heterocycles. The minimum atomic E-state index is -0.0851. The van der Waals surface area contributed by atoms with Gasteiger partial charge in [-0.1, -0.05) is 26.7 Å². The molecule has 1 aliphatic rings. The lowest BCUT2D eigenvalue weighted by atomic mass is 9.72. The van der Waals surface area contributed by atoms with E-state index < -0.39 is 0 Å². The van der Waals surface area contributed by atoms with Crippen LogP contribution in [0.15, 0.2) is 0 Å². The maximum atomic E-state index is 6.22. The Kier molecular flexibility index (Phi) is 2.55. The van der Waals surface area contributed by atoms with Crippen LogP contribution >= 0.6 is 0 Å². The molecule has 0 saturated heterocycles. The molecule has 11 heavy (non-hydrogen) atoms. The summed E-state index contributed by atoms with van der Waals surface area (Å²) in [5.41, 5.74) is 12.1. The Hall–Kier alpha value is -0.0800. The van der Waals surface area contributed by atoms with E-state index in [-0.39, 0.29) is 11.6 Å². The molecule has 1 fully saturated rings. The first kappa shape index (κ1) is 9.01. The SMILES string of the molecule is CC(C)C1(N)CCCCC1N. The summed E-state index contributed by atoms with van der Waals surface area (Å²) in [5.74, 6) is 0.512. The molecular formula is C9H20N2. The van der Waals surface area contributed by atoms with Gasteiger partial charge in [-0.25, -0.2) is 0 Å². The van der Waals surface area contributed by atoms with E-state index in [0.717, 1.165) is 12.8 Å². The van der Waals surface area contributed by atoms with Crippen molar-refractivity contribution in [2.24, 2.45) is 17.4 Å². The van der Waals surface area contributed by atoms with Gasteiger partial charge in [-0.3, -0.25) is 0 Å². The zero-order chi connectivity index (χ0) is 8.48. The summed E-state index contributed by atoms with van der Waals surface area (Å²) < 4.78 is 0. The minimum absolute atomic E-state index is 0.0851. The summed E-state index contributed by atoms with van der Waals surface area (Å²) in [6.07, 6.45) is 4.72. The molecule has 2 nitrogen and oxygen atoms in total. The lowest BCUT2D eigenvalue weighted by Gasteiger charge is -2.42. The molecule has 0 aliphatic heterocycles. The van der Waals surface area contributed by atoms with Crippen LogP contribution in [0.2, 0.25) is 0 Å². The van der Waals surface area contributed by atoms with Gasteiger partial charge in [-0.15, -0.1) is 0 Å². The summed E-state index contributed by atoms with van der Waals surface area (Å²) in [7, 11) is 0. The van der Waals surface area contributed by atoms with E-state index in [1.807, 2.05) is 0 Å². The van der Waals surface area contributed by atoms with Crippen molar-refractivity contribution in [1.29, 1.82) is 0 Å². The smallest absolute Gasteiger partial charge is 0.0331 e. The third-order valence-corrected chi connectivity index (χ3v) is 3.14. The molecular weight excluding hydrogens is 136 g/mol. The van der Waals surface area contributed by atoms with Gasteiger partial charge in [-0.05, 0) is 18.8 Å². The van der Waals surface area contributed by atoms with Crippen LogP contribution in [-0.4, -0.2) is 11.6 Å². The molecule has 0 spiro atoms. The van der Waals surface area contributed by atoms with E-state index in [1.54, 1.807) is 0 Å². The van der Waals surface area contributed by atoms with Crippen molar-refractivity contribution in [2.75, 3.05) is 0 Å². The first-order valence-electron chi connectivity index (χ1n) is 4.62. The second-order valence-corrected chi connectivity index (χ2v) is 4.12. The summed E-state index contributed by atoms with van der Waals surface area (Å²) in [4.78, 5) is 0. The first-order chi connectivity index (χ1) is 5.07. The largest absolute Gasteiger partial charge is 0.326 e. The van der Waals surface area contributed by atoms with Crippen LogP contribution in [0.3, 0.4) is 0 Å². The predicted octanol–water partition coefficient (Wildman–Crippen LogP) is 1.24. The molecule has 1 aliphatic carbocycles. The lowest BCUT2D eigenvalue weighted by molar-refractivity contribution is 0.188. The van der Waals surface area contributed by atoms with Crippen LogP contribution in [-0.2, 0) is 0 Å². The topological polar surface area (TPSA) is 52.0 Å². The van der Waals surface area contributed by atoms with E-state index in [1.165, 1.54) is 12.8 Å². The molecule has 2 atom stereocenters. The molecule has 1 saturated carbocycles. The van der Waals surface area contributed by atoms with Crippen LogP contribution in [0.25, 0.3) is 0 Å². The summed E-state index contributed by atoms with van der Waals surface area (Å²) >= 11 is 0. The van der Waals surface area contributed by atoms with E-state index in [9.17, 15) is 0 Å². The zero-order valence-electron chi connectivity index (χ0n) is 7.64. The average molecular weight is 156 g/mol. The molecule has 0 aromatic carbocycles. The van der Waals surface area contributed by atoms with Crippen molar-refractivity contribution in [2.45, 2.75) is 51.1 Å². The highest BCUT2D eigenvalue weighted by Gasteiger charge is 2.37. The fourth-order valence-electron chi connectivity index (χ4n) is 1.97. The second kappa shape index (κ2) is 3.11. The Morgan fingerprint density at radius 2 is 2.00 bits per heavy atom. The summed E-state index contributed by atoms with van der Waals surface area (Å²) in [5, 5.41) is 0. The molecule has 0 bridgehead atoms. The molecule has 0 amide bonds. The van der Waals surface area contributed by atoms with Gasteiger partial charge in [0.1, 0.15) is 0 Å². The summed E-state index contributed by atoms with van der Waals surface area (Å²) in [6, 6.07) is 0.219. The van der Waals surface area contributed by atoms with E-state index in [4.69, 9.17) is 11.5 Å². The van der Waals surface area contributed by atoms with Crippen molar-refractivity contribution in [3.05, 3.63) is 0 Å². The molecule has 2 heteroatoms. The minimum Gasteiger partial charge on any atom is -0.326 e. The Morgan fingerprint density at radius 3 is 2.36 bits per heavy atom. The van der Waals surface area contributed by atoms with Crippen LogP contribution in [0.4, 0.5) is 0 Å². The van der Waals surface area contributed by atoms with Crippen LogP contribution in [0.5, 0.6) is 0 Å². The van der Waals surface area contributed by atoms with Gasteiger partial charge in [0, 0.05) is 11.6 Å². The van der Waals surface area contributed by atoms with E-state index >= 15 is 0 Å². The van der Waals surface area contributed by atoms with E-state index in [2.05, 4.69) is 13.8 Å². The first-order valence-corrected chi connectivity index (χ1v) is 4.62. The maximum absolute atomic E-state index is 6.22. The molecule has 0 radical (unpaired) electrons. The Balaban J connectivity index is 2.64. The standard InChI is InChI=1S/C9H20N2/c1-7(2)9(11)6-4-3-5-8(9)10/h7-8H,3-6,10-11H2,1-2H3. The predicted molar refractivity (Wildman–Crippen MR) is 48.2 cm³/mol. The van der Waals surface area contributed by atoms with Crippen molar-refractivity contribution in [3.8, 4) is 0 Å². The average Bonchev–Trinajstić information content (AvgIpc) is 1.95. The van der Waals surface area contributed by atoms with Gasteiger partial charge < -0.3 is 11.5 Å². The maximum Gasteiger partial charge on any atom is 0.0331 e. The monoisotopic (exact) mass is 156 g/mol.